The summed E-state index contributed by atoms with van der Waals surface area (Å²) in [6, 6.07) is 30.7. The molecule has 0 bridgehead atoms. The Morgan fingerprint density at radius 2 is 1.22 bits per heavy atom. The largest absolute Gasteiger partial charge is 0.373 e. The van der Waals surface area contributed by atoms with Gasteiger partial charge in [0.25, 0.3) is 8.53 Å². The Morgan fingerprint density at radius 3 is 1.53 bits per heavy atom. The molecule has 7 heteroatoms. The minimum atomic E-state index is -2.36. The van der Waals surface area contributed by atoms with E-state index in [1.54, 1.807) is 0 Å². The zero-order chi connectivity index (χ0) is 23.0. The summed E-state index contributed by atoms with van der Waals surface area (Å²) in [7, 11) is 0.385. The molecule has 170 valence electrons. The van der Waals surface area contributed by atoms with Gasteiger partial charge in [-0.1, -0.05) is 91.0 Å². The summed E-state index contributed by atoms with van der Waals surface area (Å²) in [6.07, 6.45) is 0.0126. The minimum Gasteiger partial charge on any atom is -0.373 e. The van der Waals surface area contributed by atoms with Crippen molar-refractivity contribution in [2.75, 3.05) is 14.2 Å². The molecule has 3 aromatic rings. The van der Waals surface area contributed by atoms with Crippen LogP contribution in [0.5, 0.6) is 0 Å². The lowest BCUT2D eigenvalue weighted by Crippen LogP contribution is -2.48. The highest BCUT2D eigenvalue weighted by molar-refractivity contribution is 7.43. The Hall–Kier alpha value is -2.15. The molecule has 0 aromatic heterocycles. The quantitative estimate of drug-likeness (QED) is 0.227. The highest BCUT2D eigenvalue weighted by atomic mass is 31.2. The van der Waals surface area contributed by atoms with Gasteiger partial charge in [-0.3, -0.25) is 10.0 Å². The Morgan fingerprint density at radius 1 is 0.812 bits per heavy atom. The predicted molar refractivity (Wildman–Crippen MR) is 126 cm³/mol. The summed E-state index contributed by atoms with van der Waals surface area (Å²) in [6.45, 7) is 0. The van der Waals surface area contributed by atoms with Crippen LogP contribution in [0.1, 0.15) is 29.5 Å². The van der Waals surface area contributed by atoms with Crippen LogP contribution >= 0.6 is 8.53 Å². The number of rotatable bonds is 11. The maximum absolute atomic E-state index is 10.9. The maximum Gasteiger partial charge on any atom is 0.313 e. The van der Waals surface area contributed by atoms with Crippen LogP contribution in [0.3, 0.4) is 0 Å². The van der Waals surface area contributed by atoms with Crippen LogP contribution < -0.4 is 5.50 Å². The minimum absolute atomic E-state index is 0.350. The smallest absolute Gasteiger partial charge is 0.313 e. The summed E-state index contributed by atoms with van der Waals surface area (Å²) in [5, 5.41) is 10.9. The molecule has 0 aliphatic carbocycles. The van der Waals surface area contributed by atoms with Crippen molar-refractivity contribution >= 4 is 8.53 Å². The second-order valence-corrected chi connectivity index (χ2v) is 8.28. The number of hydrogen-bond acceptors (Lipinski definition) is 6. The molecule has 0 heterocycles. The monoisotopic (exact) mass is 455 g/mol. The molecule has 0 amide bonds. The third-order valence-electron chi connectivity index (χ3n) is 5.79. The van der Waals surface area contributed by atoms with Crippen LogP contribution in [0.4, 0.5) is 0 Å². The van der Waals surface area contributed by atoms with Gasteiger partial charge in [0, 0.05) is 19.6 Å². The third-order valence-corrected chi connectivity index (χ3v) is 6.24. The zero-order valence-corrected chi connectivity index (χ0v) is 19.2. The first-order valence-corrected chi connectivity index (χ1v) is 11.6. The first kappa shape index (κ1) is 24.5. The Balaban J connectivity index is 2.11. The highest BCUT2D eigenvalue weighted by Crippen LogP contribution is 2.44. The van der Waals surface area contributed by atoms with E-state index in [0.717, 1.165) is 16.7 Å². The van der Waals surface area contributed by atoms with Crippen LogP contribution in [-0.4, -0.2) is 36.3 Å². The highest BCUT2D eigenvalue weighted by Gasteiger charge is 2.44. The fraction of sp³-hybridized carbons (Fsp3) is 0.280. The number of ether oxygens (including phenoxy) is 2. The molecule has 3 aromatic carbocycles. The van der Waals surface area contributed by atoms with E-state index in [4.69, 9.17) is 19.5 Å². The van der Waals surface area contributed by atoms with Gasteiger partial charge in [0.05, 0.1) is 0 Å². The average molecular weight is 455 g/mol. The van der Waals surface area contributed by atoms with Crippen LogP contribution in [0, 0.1) is 0 Å². The van der Waals surface area contributed by atoms with Gasteiger partial charge >= 0.3 is 5.97 Å². The van der Waals surface area contributed by atoms with Gasteiger partial charge < -0.3 is 19.5 Å². The normalized spacial score (nSPS) is 15.7. The van der Waals surface area contributed by atoms with E-state index in [1.807, 2.05) is 54.6 Å². The van der Waals surface area contributed by atoms with E-state index in [1.165, 1.54) is 14.2 Å². The molecule has 0 fully saturated rings. The zero-order valence-electron chi connectivity index (χ0n) is 18.3. The van der Waals surface area contributed by atoms with E-state index >= 15 is 0 Å². The third kappa shape index (κ3) is 5.25. The topological polar surface area (TPSA) is 94.2 Å². The lowest BCUT2D eigenvalue weighted by Gasteiger charge is -2.39. The molecule has 32 heavy (non-hydrogen) atoms. The summed E-state index contributed by atoms with van der Waals surface area (Å²) < 4.78 is 15.9. The van der Waals surface area contributed by atoms with Gasteiger partial charge in [-0.25, -0.2) is 0 Å². The summed E-state index contributed by atoms with van der Waals surface area (Å²) >= 11 is 0. The van der Waals surface area contributed by atoms with Crippen molar-refractivity contribution in [3.8, 4) is 0 Å². The van der Waals surface area contributed by atoms with Gasteiger partial charge in [-0.15, -0.1) is 0 Å². The van der Waals surface area contributed by atoms with Crippen LogP contribution in [-0.2, 0) is 19.4 Å². The standard InChI is InChI=1S/C25H30NO5P/c1-29-23(25(27,30-2)31-32(26)28)18-19-24(20-12-6-3-7-13-20,21-14-8-4-9-15-21)22-16-10-5-11-17-22/h3-17,23,27-28H,18-19,26H2,1-2H3. The van der Waals surface area contributed by atoms with Gasteiger partial charge in [-0.05, 0) is 29.5 Å². The first-order valence-electron chi connectivity index (χ1n) is 10.4. The maximum atomic E-state index is 10.9. The molecule has 0 aliphatic rings. The number of benzene rings is 3. The van der Waals surface area contributed by atoms with Gasteiger partial charge in [0.2, 0.25) is 0 Å². The van der Waals surface area contributed by atoms with Crippen LogP contribution in [0.15, 0.2) is 91.0 Å². The Labute approximate surface area is 190 Å². The summed E-state index contributed by atoms with van der Waals surface area (Å²) in [5.74, 6) is -2.18. The predicted octanol–water partition coefficient (Wildman–Crippen LogP) is 4.30. The molecular formula is C25H30NO5P. The van der Waals surface area contributed by atoms with Crippen molar-refractivity contribution in [1.29, 1.82) is 0 Å². The summed E-state index contributed by atoms with van der Waals surface area (Å²) in [5.41, 5.74) is 8.20. The van der Waals surface area contributed by atoms with E-state index in [-0.39, 0.29) is 0 Å². The fourth-order valence-electron chi connectivity index (χ4n) is 4.26. The van der Waals surface area contributed by atoms with Crippen molar-refractivity contribution in [3.63, 3.8) is 0 Å². The molecular weight excluding hydrogens is 425 g/mol. The Kier molecular flexibility index (Phi) is 8.51. The fourth-order valence-corrected chi connectivity index (χ4v) is 4.72. The molecule has 0 radical (unpaired) electrons. The molecule has 0 spiro atoms. The first-order chi connectivity index (χ1) is 15.5. The Bertz CT molecular complexity index is 846. The van der Waals surface area contributed by atoms with Crippen molar-refractivity contribution in [1.82, 2.24) is 0 Å². The van der Waals surface area contributed by atoms with E-state index in [2.05, 4.69) is 36.4 Å². The molecule has 0 saturated heterocycles. The van der Waals surface area contributed by atoms with E-state index < -0.39 is 26.0 Å². The second kappa shape index (κ2) is 11.1. The van der Waals surface area contributed by atoms with Crippen molar-refractivity contribution in [2.24, 2.45) is 5.50 Å². The van der Waals surface area contributed by atoms with E-state index in [9.17, 15) is 10.00 Å². The molecule has 3 atom stereocenters. The number of aliphatic hydroxyl groups is 1. The second-order valence-electron chi connectivity index (χ2n) is 7.50. The summed E-state index contributed by atoms with van der Waals surface area (Å²) in [4.78, 5) is 9.55. The van der Waals surface area contributed by atoms with Crippen molar-refractivity contribution in [3.05, 3.63) is 108 Å². The van der Waals surface area contributed by atoms with Crippen molar-refractivity contribution in [2.45, 2.75) is 30.3 Å². The molecule has 0 aliphatic heterocycles. The molecule has 3 unspecified atom stereocenters. The number of hydrogen-bond donors (Lipinski definition) is 3. The molecule has 6 nitrogen and oxygen atoms in total. The molecule has 3 rings (SSSR count). The van der Waals surface area contributed by atoms with Crippen molar-refractivity contribution < 1.29 is 24.0 Å². The van der Waals surface area contributed by atoms with Gasteiger partial charge in [0.15, 0.2) is 0 Å². The molecule has 4 N–H and O–H groups in total. The van der Waals surface area contributed by atoms with Gasteiger partial charge in [0.1, 0.15) is 6.10 Å². The molecule has 0 saturated carbocycles. The van der Waals surface area contributed by atoms with Crippen LogP contribution in [0.2, 0.25) is 0 Å². The lowest BCUT2D eigenvalue weighted by molar-refractivity contribution is -0.354. The van der Waals surface area contributed by atoms with Crippen LogP contribution in [0.25, 0.3) is 0 Å². The van der Waals surface area contributed by atoms with E-state index in [0.29, 0.717) is 12.8 Å². The lowest BCUT2D eigenvalue weighted by atomic mass is 9.66. The number of nitrogens with two attached hydrogens (primary N) is 1. The SMILES string of the molecule is COC(CCC(c1ccccc1)(c1ccccc1)c1ccccc1)C(O)(OC)OP(N)O. The van der Waals surface area contributed by atoms with Gasteiger partial charge in [-0.2, -0.15) is 0 Å². The average Bonchev–Trinajstić information content (AvgIpc) is 2.83. The number of methoxy groups -OCH3 is 2.